The first-order valence-electron chi connectivity index (χ1n) is 11.6. The zero-order chi connectivity index (χ0) is 23.9. The number of hydrogen-bond acceptors (Lipinski definition) is 4. The van der Waals surface area contributed by atoms with E-state index in [1.165, 1.54) is 5.56 Å². The Labute approximate surface area is 206 Å². The van der Waals surface area contributed by atoms with Crippen molar-refractivity contribution < 1.29 is 14.3 Å². The van der Waals surface area contributed by atoms with Crippen molar-refractivity contribution in [1.82, 2.24) is 9.80 Å². The van der Waals surface area contributed by atoms with Crippen LogP contribution >= 0.6 is 11.6 Å². The van der Waals surface area contributed by atoms with Gasteiger partial charge in [0.25, 0.3) is 5.91 Å². The van der Waals surface area contributed by atoms with Gasteiger partial charge in [0.2, 0.25) is 0 Å². The number of benzene rings is 3. The summed E-state index contributed by atoms with van der Waals surface area (Å²) in [6.07, 6.45) is -0.109. The number of hydrogen-bond donors (Lipinski definition) is 0. The molecule has 0 unspecified atom stereocenters. The Morgan fingerprint density at radius 1 is 0.971 bits per heavy atom. The van der Waals surface area contributed by atoms with E-state index < -0.39 is 0 Å². The number of amides is 1. The van der Waals surface area contributed by atoms with Gasteiger partial charge in [-0.1, -0.05) is 65.7 Å². The second kappa shape index (κ2) is 11.5. The molecule has 1 aliphatic heterocycles. The van der Waals surface area contributed by atoms with Crippen LogP contribution in [0.4, 0.5) is 0 Å². The van der Waals surface area contributed by atoms with E-state index in [9.17, 15) is 4.79 Å². The van der Waals surface area contributed by atoms with Gasteiger partial charge < -0.3 is 14.4 Å². The number of methoxy groups -OCH3 is 1. The second-order valence-electron chi connectivity index (χ2n) is 8.63. The summed E-state index contributed by atoms with van der Waals surface area (Å²) in [5, 5.41) is 0.498. The summed E-state index contributed by atoms with van der Waals surface area (Å²) in [7, 11) is 1.68. The molecule has 0 aromatic heterocycles. The maximum absolute atomic E-state index is 12.9. The van der Waals surface area contributed by atoms with Crippen LogP contribution in [-0.4, -0.2) is 55.5 Å². The highest BCUT2D eigenvalue weighted by Crippen LogP contribution is 2.25. The topological polar surface area (TPSA) is 42.0 Å². The molecular formula is C28H31ClN2O3. The summed E-state index contributed by atoms with van der Waals surface area (Å²) in [5.74, 6) is 0.807. The van der Waals surface area contributed by atoms with E-state index in [4.69, 9.17) is 21.1 Å². The highest BCUT2D eigenvalue weighted by atomic mass is 35.5. The van der Waals surface area contributed by atoms with Crippen LogP contribution in [0.5, 0.6) is 5.75 Å². The van der Waals surface area contributed by atoms with Crippen molar-refractivity contribution in [1.29, 1.82) is 0 Å². The van der Waals surface area contributed by atoms with Gasteiger partial charge in [-0.3, -0.25) is 9.69 Å². The summed E-state index contributed by atoms with van der Waals surface area (Å²) in [5.41, 5.74) is 4.03. The number of nitrogens with zero attached hydrogens (tertiary/aromatic N) is 2. The number of ether oxygens (including phenoxy) is 2. The third-order valence-corrected chi connectivity index (χ3v) is 6.55. The Morgan fingerprint density at radius 3 is 2.41 bits per heavy atom. The first-order valence-corrected chi connectivity index (χ1v) is 12.0. The maximum Gasteiger partial charge on any atom is 0.255 e. The van der Waals surface area contributed by atoms with E-state index >= 15 is 0 Å². The first-order chi connectivity index (χ1) is 16.5. The molecule has 0 aliphatic carbocycles. The smallest absolute Gasteiger partial charge is 0.255 e. The summed E-state index contributed by atoms with van der Waals surface area (Å²) < 4.78 is 11.9. The van der Waals surface area contributed by atoms with E-state index in [0.717, 1.165) is 36.5 Å². The molecule has 6 heteroatoms. The molecule has 178 valence electrons. The largest absolute Gasteiger partial charge is 0.497 e. The molecule has 1 atom stereocenters. The molecule has 5 nitrogen and oxygen atoms in total. The van der Waals surface area contributed by atoms with Gasteiger partial charge >= 0.3 is 0 Å². The standard InChI is InChI=1S/C28H31ClN2O3/c1-21-10-12-22(13-11-21)20-34-27(23-6-5-7-24(18-23)33-2)19-30-14-16-31(17-15-30)28(32)25-8-3-4-9-26(25)29/h3-13,18,27H,14-17,19-20H2,1-2H3/t27-/m1/s1. The van der Waals surface area contributed by atoms with Gasteiger partial charge in [0.1, 0.15) is 5.75 Å². The fourth-order valence-electron chi connectivity index (χ4n) is 4.15. The maximum atomic E-state index is 12.9. The molecule has 4 rings (SSSR count). The van der Waals surface area contributed by atoms with Crippen LogP contribution < -0.4 is 4.74 Å². The molecule has 1 heterocycles. The minimum absolute atomic E-state index is 0.00906. The van der Waals surface area contributed by atoms with Gasteiger partial charge in [-0.15, -0.1) is 0 Å². The van der Waals surface area contributed by atoms with Gasteiger partial charge in [0.15, 0.2) is 0 Å². The van der Waals surface area contributed by atoms with Crippen molar-refractivity contribution >= 4 is 17.5 Å². The predicted molar refractivity (Wildman–Crippen MR) is 135 cm³/mol. The van der Waals surface area contributed by atoms with Crippen molar-refractivity contribution in [3.8, 4) is 5.75 Å². The van der Waals surface area contributed by atoms with E-state index in [1.54, 1.807) is 19.2 Å². The Morgan fingerprint density at radius 2 is 1.71 bits per heavy atom. The molecule has 0 N–H and O–H groups in total. The number of carbonyl (C=O) groups is 1. The highest BCUT2D eigenvalue weighted by molar-refractivity contribution is 6.33. The third kappa shape index (κ3) is 6.17. The lowest BCUT2D eigenvalue weighted by molar-refractivity contribution is 0.00333. The molecule has 34 heavy (non-hydrogen) atoms. The Kier molecular flexibility index (Phi) is 8.22. The molecule has 3 aromatic carbocycles. The normalized spacial score (nSPS) is 15.2. The van der Waals surface area contributed by atoms with Crippen LogP contribution in [0.2, 0.25) is 5.02 Å². The van der Waals surface area contributed by atoms with Gasteiger partial charge in [-0.05, 0) is 42.3 Å². The number of piperazine rings is 1. The third-order valence-electron chi connectivity index (χ3n) is 6.23. The van der Waals surface area contributed by atoms with Crippen LogP contribution in [0.3, 0.4) is 0 Å². The average molecular weight is 479 g/mol. The predicted octanol–water partition coefficient (Wildman–Crippen LogP) is 5.37. The average Bonchev–Trinajstić information content (AvgIpc) is 2.88. The number of halogens is 1. The monoisotopic (exact) mass is 478 g/mol. The number of aryl methyl sites for hydroxylation is 1. The van der Waals surface area contributed by atoms with Crippen LogP contribution in [0.1, 0.15) is 33.2 Å². The zero-order valence-corrected chi connectivity index (χ0v) is 20.5. The fourth-order valence-corrected chi connectivity index (χ4v) is 4.37. The van der Waals surface area contributed by atoms with Crippen molar-refractivity contribution in [2.45, 2.75) is 19.6 Å². The molecule has 0 saturated carbocycles. The molecule has 0 radical (unpaired) electrons. The Bertz CT molecular complexity index is 1090. The SMILES string of the molecule is COc1cccc([C@@H](CN2CCN(C(=O)c3ccccc3Cl)CC2)OCc2ccc(C)cc2)c1. The lowest BCUT2D eigenvalue weighted by Gasteiger charge is -2.36. The molecule has 1 aliphatic rings. The van der Waals surface area contributed by atoms with Crippen LogP contribution in [0, 0.1) is 6.92 Å². The highest BCUT2D eigenvalue weighted by Gasteiger charge is 2.26. The van der Waals surface area contributed by atoms with Crippen molar-refractivity contribution in [3.05, 3.63) is 100 Å². The van der Waals surface area contributed by atoms with Crippen LogP contribution in [-0.2, 0) is 11.3 Å². The zero-order valence-electron chi connectivity index (χ0n) is 19.7. The number of carbonyl (C=O) groups excluding carboxylic acids is 1. The molecule has 3 aromatic rings. The molecular weight excluding hydrogens is 448 g/mol. The quantitative estimate of drug-likeness (QED) is 0.436. The number of rotatable bonds is 8. The first kappa shape index (κ1) is 24.3. The minimum Gasteiger partial charge on any atom is -0.497 e. The van der Waals surface area contributed by atoms with Gasteiger partial charge in [0, 0.05) is 32.7 Å². The summed E-state index contributed by atoms with van der Waals surface area (Å²) in [6.45, 7) is 6.24. The van der Waals surface area contributed by atoms with Gasteiger partial charge in [-0.2, -0.15) is 0 Å². The van der Waals surface area contributed by atoms with E-state index in [-0.39, 0.29) is 12.0 Å². The van der Waals surface area contributed by atoms with E-state index in [1.807, 2.05) is 35.2 Å². The van der Waals surface area contributed by atoms with Gasteiger partial charge in [0.05, 0.1) is 30.4 Å². The lowest BCUT2D eigenvalue weighted by atomic mass is 10.1. The van der Waals surface area contributed by atoms with Crippen molar-refractivity contribution in [3.63, 3.8) is 0 Å². The fraction of sp³-hybridized carbons (Fsp3) is 0.321. The van der Waals surface area contributed by atoms with Crippen LogP contribution in [0.15, 0.2) is 72.8 Å². The molecule has 1 amide bonds. The Hall–Kier alpha value is -2.86. The minimum atomic E-state index is -0.109. The molecule has 1 saturated heterocycles. The van der Waals surface area contributed by atoms with Crippen molar-refractivity contribution in [2.24, 2.45) is 0 Å². The van der Waals surface area contributed by atoms with E-state index in [0.29, 0.717) is 30.3 Å². The summed E-state index contributed by atoms with van der Waals surface area (Å²) >= 11 is 6.24. The second-order valence-corrected chi connectivity index (χ2v) is 9.04. The summed E-state index contributed by atoms with van der Waals surface area (Å²) in [4.78, 5) is 17.1. The van der Waals surface area contributed by atoms with Crippen LogP contribution in [0.25, 0.3) is 0 Å². The lowest BCUT2D eigenvalue weighted by Crippen LogP contribution is -2.49. The Balaban J connectivity index is 1.41. The van der Waals surface area contributed by atoms with Crippen molar-refractivity contribution in [2.75, 3.05) is 39.8 Å². The summed E-state index contributed by atoms with van der Waals surface area (Å²) in [6, 6.07) is 23.7. The van der Waals surface area contributed by atoms with Gasteiger partial charge in [-0.25, -0.2) is 0 Å². The molecule has 0 bridgehead atoms. The molecule has 1 fully saturated rings. The molecule has 0 spiro atoms. The van der Waals surface area contributed by atoms with E-state index in [2.05, 4.69) is 42.2 Å².